The molecule has 17 heavy (non-hydrogen) atoms. The summed E-state index contributed by atoms with van der Waals surface area (Å²) < 4.78 is 5.49. The molecule has 0 aromatic heterocycles. The maximum atomic E-state index is 9.68. The Labute approximate surface area is 107 Å². The van der Waals surface area contributed by atoms with Crippen LogP contribution in [0.4, 0.5) is 0 Å². The lowest BCUT2D eigenvalue weighted by Crippen LogP contribution is -2.45. The van der Waals surface area contributed by atoms with E-state index < -0.39 is 0 Å². The number of phenolic OH excluding ortho intramolecular Hbond substituents is 1. The first-order valence-corrected chi connectivity index (χ1v) is 6.39. The van der Waals surface area contributed by atoms with Crippen LogP contribution in [0, 0.1) is 0 Å². The van der Waals surface area contributed by atoms with E-state index in [-0.39, 0.29) is 5.75 Å². The van der Waals surface area contributed by atoms with Crippen LogP contribution in [0.2, 0.25) is 5.02 Å². The van der Waals surface area contributed by atoms with Gasteiger partial charge >= 0.3 is 0 Å². The minimum atomic E-state index is 0.255. The van der Waals surface area contributed by atoms with Gasteiger partial charge in [0.2, 0.25) is 0 Å². The number of rotatable bonds is 5. The SMILES string of the molecule is CCOC1CC(NCc2c(O)cccc2Cl)C1. The number of nitrogens with one attached hydrogen (secondary N) is 1. The van der Waals surface area contributed by atoms with Crippen LogP contribution in [-0.4, -0.2) is 23.9 Å². The predicted octanol–water partition coefficient (Wildman–Crippen LogP) is 2.70. The Bertz CT molecular complexity index is 357. The first-order chi connectivity index (χ1) is 8.20. The third kappa shape index (κ3) is 3.12. The van der Waals surface area contributed by atoms with Gasteiger partial charge in [0.05, 0.1) is 6.10 Å². The molecule has 1 aromatic carbocycles. The van der Waals surface area contributed by atoms with E-state index in [2.05, 4.69) is 5.32 Å². The molecule has 94 valence electrons. The van der Waals surface area contributed by atoms with Crippen molar-refractivity contribution < 1.29 is 9.84 Å². The molecule has 1 saturated carbocycles. The molecule has 1 fully saturated rings. The quantitative estimate of drug-likeness (QED) is 0.850. The Morgan fingerprint density at radius 1 is 1.47 bits per heavy atom. The zero-order valence-electron chi connectivity index (χ0n) is 9.95. The summed E-state index contributed by atoms with van der Waals surface area (Å²) in [5.41, 5.74) is 0.772. The van der Waals surface area contributed by atoms with Crippen LogP contribution in [0.15, 0.2) is 18.2 Å². The fraction of sp³-hybridized carbons (Fsp3) is 0.538. The summed E-state index contributed by atoms with van der Waals surface area (Å²) in [5.74, 6) is 0.255. The Morgan fingerprint density at radius 3 is 2.88 bits per heavy atom. The van der Waals surface area contributed by atoms with Crippen molar-refractivity contribution in [3.63, 3.8) is 0 Å². The lowest BCUT2D eigenvalue weighted by atomic mass is 9.89. The van der Waals surface area contributed by atoms with Gasteiger partial charge < -0.3 is 15.2 Å². The summed E-state index contributed by atoms with van der Waals surface area (Å²) in [6, 6.07) is 5.67. The molecule has 0 amide bonds. The van der Waals surface area contributed by atoms with Crippen molar-refractivity contribution in [2.45, 2.75) is 38.5 Å². The third-order valence-corrected chi connectivity index (χ3v) is 3.51. The number of aromatic hydroxyl groups is 1. The van der Waals surface area contributed by atoms with Gasteiger partial charge in [0.25, 0.3) is 0 Å². The van der Waals surface area contributed by atoms with Crippen LogP contribution in [0.3, 0.4) is 0 Å². The van der Waals surface area contributed by atoms with Crippen molar-refractivity contribution in [2.24, 2.45) is 0 Å². The van der Waals surface area contributed by atoms with E-state index in [1.807, 2.05) is 6.92 Å². The van der Waals surface area contributed by atoms with Crippen LogP contribution in [-0.2, 0) is 11.3 Å². The number of phenols is 1. The molecule has 2 rings (SSSR count). The smallest absolute Gasteiger partial charge is 0.121 e. The fourth-order valence-corrected chi connectivity index (χ4v) is 2.31. The molecule has 0 radical (unpaired) electrons. The fourth-order valence-electron chi connectivity index (χ4n) is 2.07. The van der Waals surface area contributed by atoms with E-state index in [0.717, 1.165) is 25.0 Å². The third-order valence-electron chi connectivity index (χ3n) is 3.16. The summed E-state index contributed by atoms with van der Waals surface area (Å²) in [7, 11) is 0. The molecular formula is C13H18ClNO2. The molecule has 0 spiro atoms. The van der Waals surface area contributed by atoms with Gasteiger partial charge in [-0.2, -0.15) is 0 Å². The zero-order chi connectivity index (χ0) is 12.3. The van der Waals surface area contributed by atoms with E-state index in [1.165, 1.54) is 0 Å². The monoisotopic (exact) mass is 255 g/mol. The molecule has 0 heterocycles. The van der Waals surface area contributed by atoms with Crippen LogP contribution < -0.4 is 5.32 Å². The topological polar surface area (TPSA) is 41.5 Å². The highest BCUT2D eigenvalue weighted by Crippen LogP contribution is 2.27. The number of hydrogen-bond acceptors (Lipinski definition) is 3. The van der Waals surface area contributed by atoms with E-state index in [0.29, 0.717) is 23.7 Å². The average Bonchev–Trinajstić information content (AvgIpc) is 2.24. The molecule has 3 nitrogen and oxygen atoms in total. The molecule has 0 bridgehead atoms. The first-order valence-electron chi connectivity index (χ1n) is 6.02. The summed E-state index contributed by atoms with van der Waals surface area (Å²) in [5, 5.41) is 13.7. The highest BCUT2D eigenvalue weighted by Gasteiger charge is 2.29. The van der Waals surface area contributed by atoms with Crippen molar-refractivity contribution in [3.8, 4) is 5.75 Å². The summed E-state index contributed by atoms with van der Waals surface area (Å²) in [4.78, 5) is 0. The van der Waals surface area contributed by atoms with Crippen molar-refractivity contribution >= 4 is 11.6 Å². The van der Waals surface area contributed by atoms with E-state index in [9.17, 15) is 5.11 Å². The Hall–Kier alpha value is -0.770. The van der Waals surface area contributed by atoms with Gasteiger partial charge in [-0.15, -0.1) is 0 Å². The zero-order valence-corrected chi connectivity index (χ0v) is 10.7. The highest BCUT2D eigenvalue weighted by molar-refractivity contribution is 6.31. The molecule has 4 heteroatoms. The molecule has 0 atom stereocenters. The molecule has 2 N–H and O–H groups in total. The van der Waals surface area contributed by atoms with Crippen LogP contribution in [0.25, 0.3) is 0 Å². The summed E-state index contributed by atoms with van der Waals surface area (Å²) >= 11 is 6.03. The molecule has 0 saturated heterocycles. The standard InChI is InChI=1S/C13H18ClNO2/c1-2-17-10-6-9(7-10)15-8-11-12(14)4-3-5-13(11)16/h3-5,9-10,15-16H,2,6-8H2,1H3. The van der Waals surface area contributed by atoms with Crippen molar-refractivity contribution in [3.05, 3.63) is 28.8 Å². The van der Waals surface area contributed by atoms with Gasteiger partial charge in [0.15, 0.2) is 0 Å². The van der Waals surface area contributed by atoms with Gasteiger partial charge in [0.1, 0.15) is 5.75 Å². The lowest BCUT2D eigenvalue weighted by molar-refractivity contribution is -0.0102. The largest absolute Gasteiger partial charge is 0.508 e. The second-order valence-corrected chi connectivity index (χ2v) is 4.77. The van der Waals surface area contributed by atoms with E-state index >= 15 is 0 Å². The van der Waals surface area contributed by atoms with Crippen LogP contribution in [0.1, 0.15) is 25.3 Å². The van der Waals surface area contributed by atoms with Gasteiger partial charge in [-0.05, 0) is 31.9 Å². The van der Waals surface area contributed by atoms with Crippen molar-refractivity contribution in [1.29, 1.82) is 0 Å². The van der Waals surface area contributed by atoms with Crippen LogP contribution >= 0.6 is 11.6 Å². The normalized spacial score (nSPS) is 23.4. The average molecular weight is 256 g/mol. The van der Waals surface area contributed by atoms with E-state index in [1.54, 1.807) is 18.2 Å². The number of ether oxygens (including phenoxy) is 1. The van der Waals surface area contributed by atoms with Crippen LogP contribution in [0.5, 0.6) is 5.75 Å². The summed E-state index contributed by atoms with van der Waals surface area (Å²) in [6.45, 7) is 3.40. The predicted molar refractivity (Wildman–Crippen MR) is 68.4 cm³/mol. The molecule has 0 aliphatic heterocycles. The second-order valence-electron chi connectivity index (χ2n) is 4.36. The van der Waals surface area contributed by atoms with Gasteiger partial charge in [-0.3, -0.25) is 0 Å². The second kappa shape index (κ2) is 5.71. The molecule has 0 unspecified atom stereocenters. The van der Waals surface area contributed by atoms with Gasteiger partial charge in [0, 0.05) is 29.8 Å². The maximum Gasteiger partial charge on any atom is 0.121 e. The number of hydrogen-bond donors (Lipinski definition) is 2. The number of benzene rings is 1. The Balaban J connectivity index is 1.80. The minimum absolute atomic E-state index is 0.255. The molecular weight excluding hydrogens is 238 g/mol. The Morgan fingerprint density at radius 2 is 2.24 bits per heavy atom. The van der Waals surface area contributed by atoms with Gasteiger partial charge in [-0.1, -0.05) is 17.7 Å². The molecule has 1 aliphatic carbocycles. The minimum Gasteiger partial charge on any atom is -0.508 e. The lowest BCUT2D eigenvalue weighted by Gasteiger charge is -2.35. The summed E-state index contributed by atoms with van der Waals surface area (Å²) in [6.07, 6.45) is 2.48. The number of halogens is 1. The van der Waals surface area contributed by atoms with Gasteiger partial charge in [-0.25, -0.2) is 0 Å². The van der Waals surface area contributed by atoms with Crippen molar-refractivity contribution in [1.82, 2.24) is 5.32 Å². The highest BCUT2D eigenvalue weighted by atomic mass is 35.5. The van der Waals surface area contributed by atoms with E-state index in [4.69, 9.17) is 16.3 Å². The molecule has 1 aliphatic rings. The maximum absolute atomic E-state index is 9.68. The Kier molecular flexibility index (Phi) is 4.26. The molecule has 1 aromatic rings. The first kappa shape index (κ1) is 12.7. The van der Waals surface area contributed by atoms with Crippen molar-refractivity contribution in [2.75, 3.05) is 6.61 Å².